The lowest BCUT2D eigenvalue weighted by Gasteiger charge is -2.16. The van der Waals surface area contributed by atoms with Crippen LogP contribution in [0, 0.1) is 13.8 Å². The number of benzene rings is 1. The average Bonchev–Trinajstić information content (AvgIpc) is 2.96. The van der Waals surface area contributed by atoms with Crippen molar-refractivity contribution in [3.63, 3.8) is 0 Å². The zero-order chi connectivity index (χ0) is 16.1. The monoisotopic (exact) mass is 300 g/mol. The molecule has 2 aromatic rings. The van der Waals surface area contributed by atoms with Gasteiger partial charge >= 0.3 is 0 Å². The van der Waals surface area contributed by atoms with Crippen LogP contribution in [0.25, 0.3) is 0 Å². The fourth-order valence-corrected chi connectivity index (χ4v) is 2.07. The summed E-state index contributed by atoms with van der Waals surface area (Å²) in [5.41, 5.74) is 3.68. The van der Waals surface area contributed by atoms with Crippen molar-refractivity contribution >= 4 is 17.5 Å². The second kappa shape index (κ2) is 6.89. The van der Waals surface area contributed by atoms with E-state index in [1.807, 2.05) is 32.0 Å². The number of aromatic amines is 1. The molecule has 0 unspecified atom stereocenters. The van der Waals surface area contributed by atoms with Crippen LogP contribution in [0.2, 0.25) is 0 Å². The molecule has 0 aliphatic rings. The van der Waals surface area contributed by atoms with Crippen LogP contribution in [0.15, 0.2) is 30.5 Å². The van der Waals surface area contributed by atoms with Crippen LogP contribution >= 0.6 is 0 Å². The Labute approximate surface area is 129 Å². The molecule has 0 fully saturated rings. The number of aromatic nitrogens is 2. The van der Waals surface area contributed by atoms with E-state index < -0.39 is 0 Å². The highest BCUT2D eigenvalue weighted by Crippen LogP contribution is 2.18. The van der Waals surface area contributed by atoms with E-state index in [1.54, 1.807) is 19.3 Å². The van der Waals surface area contributed by atoms with Crippen LogP contribution in [-0.4, -0.2) is 34.0 Å². The number of nitrogens with one attached hydrogen (secondary N) is 2. The molecule has 2 N–H and O–H groups in total. The summed E-state index contributed by atoms with van der Waals surface area (Å²) in [7, 11) is 1.66. The smallest absolute Gasteiger partial charge is 0.233 e. The van der Waals surface area contributed by atoms with Crippen molar-refractivity contribution < 1.29 is 9.59 Å². The minimum Gasteiger partial charge on any atom is -0.339 e. The summed E-state index contributed by atoms with van der Waals surface area (Å²) in [6.45, 7) is 4.32. The van der Waals surface area contributed by atoms with Crippen molar-refractivity contribution in [2.45, 2.75) is 26.8 Å². The van der Waals surface area contributed by atoms with E-state index in [2.05, 4.69) is 15.5 Å². The fourth-order valence-electron chi connectivity index (χ4n) is 2.07. The maximum atomic E-state index is 12.1. The largest absolute Gasteiger partial charge is 0.339 e. The standard InChI is InChI=1S/C16H20N4O2/c1-11-5-4-6-14(12(11)2)18-15(21)9-16(22)20(3)10-13-7-8-17-19-13/h4-8H,9-10H2,1-3H3,(H,17,19)(H,18,21). The van der Waals surface area contributed by atoms with Gasteiger partial charge in [-0.3, -0.25) is 14.7 Å². The third kappa shape index (κ3) is 3.94. The van der Waals surface area contributed by atoms with Gasteiger partial charge in [0.25, 0.3) is 0 Å². The number of nitrogens with zero attached hydrogens (tertiary/aromatic N) is 2. The topological polar surface area (TPSA) is 78.1 Å². The van der Waals surface area contributed by atoms with Crippen LogP contribution < -0.4 is 5.32 Å². The highest BCUT2D eigenvalue weighted by Gasteiger charge is 2.15. The SMILES string of the molecule is Cc1cccc(NC(=O)CC(=O)N(C)Cc2ccn[nH]2)c1C. The van der Waals surface area contributed by atoms with E-state index in [9.17, 15) is 9.59 Å². The van der Waals surface area contributed by atoms with Crippen molar-refractivity contribution in [1.29, 1.82) is 0 Å². The molecule has 116 valence electrons. The predicted octanol–water partition coefficient (Wildman–Crippen LogP) is 2.01. The summed E-state index contributed by atoms with van der Waals surface area (Å²) < 4.78 is 0. The molecule has 0 saturated carbocycles. The molecular formula is C16H20N4O2. The van der Waals surface area contributed by atoms with Crippen molar-refractivity contribution in [2.75, 3.05) is 12.4 Å². The molecule has 0 spiro atoms. The van der Waals surface area contributed by atoms with Crippen molar-refractivity contribution in [3.8, 4) is 0 Å². The highest BCUT2D eigenvalue weighted by atomic mass is 16.2. The zero-order valence-electron chi connectivity index (χ0n) is 13.0. The van der Waals surface area contributed by atoms with Gasteiger partial charge in [0.2, 0.25) is 11.8 Å². The van der Waals surface area contributed by atoms with Gasteiger partial charge in [0, 0.05) is 18.9 Å². The first-order valence-corrected chi connectivity index (χ1v) is 7.05. The van der Waals surface area contributed by atoms with Gasteiger partial charge in [-0.2, -0.15) is 5.10 Å². The predicted molar refractivity (Wildman–Crippen MR) is 84.2 cm³/mol. The number of hydrogen-bond donors (Lipinski definition) is 2. The molecule has 0 aliphatic heterocycles. The highest BCUT2D eigenvalue weighted by molar-refractivity contribution is 6.03. The number of carbonyl (C=O) groups excluding carboxylic acids is 2. The summed E-state index contributed by atoms with van der Waals surface area (Å²) in [6.07, 6.45) is 1.44. The molecule has 1 aromatic carbocycles. The molecular weight excluding hydrogens is 280 g/mol. The van der Waals surface area contributed by atoms with Gasteiger partial charge in [-0.25, -0.2) is 0 Å². The summed E-state index contributed by atoms with van der Waals surface area (Å²) in [5, 5.41) is 9.40. The van der Waals surface area contributed by atoms with E-state index >= 15 is 0 Å². The van der Waals surface area contributed by atoms with Crippen molar-refractivity contribution in [2.24, 2.45) is 0 Å². The number of carbonyl (C=O) groups is 2. The van der Waals surface area contributed by atoms with Gasteiger partial charge in [-0.15, -0.1) is 0 Å². The molecule has 0 bridgehead atoms. The Hall–Kier alpha value is -2.63. The van der Waals surface area contributed by atoms with Gasteiger partial charge in [0.15, 0.2) is 0 Å². The Balaban J connectivity index is 1.91. The molecule has 22 heavy (non-hydrogen) atoms. The number of hydrogen-bond acceptors (Lipinski definition) is 3. The Morgan fingerprint density at radius 1 is 1.27 bits per heavy atom. The van der Waals surface area contributed by atoms with E-state index in [-0.39, 0.29) is 18.2 Å². The van der Waals surface area contributed by atoms with Gasteiger partial charge in [0.1, 0.15) is 6.42 Å². The summed E-state index contributed by atoms with van der Waals surface area (Å²) in [4.78, 5) is 25.6. The lowest BCUT2D eigenvalue weighted by Crippen LogP contribution is -2.30. The van der Waals surface area contributed by atoms with E-state index in [0.717, 1.165) is 22.5 Å². The van der Waals surface area contributed by atoms with Gasteiger partial charge in [-0.1, -0.05) is 12.1 Å². The minimum absolute atomic E-state index is 0.183. The third-order valence-electron chi connectivity index (χ3n) is 3.58. The lowest BCUT2D eigenvalue weighted by molar-refractivity contribution is -0.134. The molecule has 6 nitrogen and oxygen atoms in total. The molecule has 0 aliphatic carbocycles. The van der Waals surface area contributed by atoms with Crippen LogP contribution in [0.5, 0.6) is 0 Å². The molecule has 2 amide bonds. The fraction of sp³-hybridized carbons (Fsp3) is 0.312. The van der Waals surface area contributed by atoms with Crippen LogP contribution in [0.1, 0.15) is 23.2 Å². The molecule has 2 rings (SSSR count). The Morgan fingerprint density at radius 2 is 2.05 bits per heavy atom. The van der Waals surface area contributed by atoms with Crippen molar-refractivity contribution in [3.05, 3.63) is 47.3 Å². The molecule has 1 heterocycles. The number of amides is 2. The van der Waals surface area contributed by atoms with Gasteiger partial charge in [0.05, 0.1) is 12.2 Å². The third-order valence-corrected chi connectivity index (χ3v) is 3.58. The number of aryl methyl sites for hydroxylation is 1. The van der Waals surface area contributed by atoms with Crippen LogP contribution in [0.4, 0.5) is 5.69 Å². The summed E-state index contributed by atoms with van der Waals surface area (Å²) >= 11 is 0. The van der Waals surface area contributed by atoms with E-state index in [4.69, 9.17) is 0 Å². The zero-order valence-corrected chi connectivity index (χ0v) is 13.0. The molecule has 1 aromatic heterocycles. The molecule has 6 heteroatoms. The number of anilines is 1. The maximum absolute atomic E-state index is 12.1. The summed E-state index contributed by atoms with van der Waals surface area (Å²) in [6, 6.07) is 7.48. The number of rotatable bonds is 5. The van der Waals surface area contributed by atoms with Gasteiger partial charge < -0.3 is 10.2 Å². The second-order valence-corrected chi connectivity index (χ2v) is 5.30. The Kier molecular flexibility index (Phi) is 4.93. The normalized spacial score (nSPS) is 10.3. The van der Waals surface area contributed by atoms with Crippen LogP contribution in [0.3, 0.4) is 0 Å². The summed E-state index contributed by atoms with van der Waals surface area (Å²) in [5.74, 6) is -0.549. The molecule has 0 atom stereocenters. The Bertz CT molecular complexity index is 665. The Morgan fingerprint density at radius 3 is 2.73 bits per heavy atom. The first-order chi connectivity index (χ1) is 10.5. The minimum atomic E-state index is -0.310. The van der Waals surface area contributed by atoms with Crippen LogP contribution in [-0.2, 0) is 16.1 Å². The second-order valence-electron chi connectivity index (χ2n) is 5.30. The first kappa shape index (κ1) is 15.8. The van der Waals surface area contributed by atoms with E-state index in [1.165, 1.54) is 4.90 Å². The maximum Gasteiger partial charge on any atom is 0.233 e. The first-order valence-electron chi connectivity index (χ1n) is 7.05. The molecule has 0 radical (unpaired) electrons. The lowest BCUT2D eigenvalue weighted by atomic mass is 10.1. The van der Waals surface area contributed by atoms with E-state index in [0.29, 0.717) is 6.54 Å². The van der Waals surface area contributed by atoms with Gasteiger partial charge in [-0.05, 0) is 37.1 Å². The average molecular weight is 300 g/mol. The molecule has 0 saturated heterocycles. The van der Waals surface area contributed by atoms with Crippen molar-refractivity contribution in [1.82, 2.24) is 15.1 Å². The number of H-pyrrole nitrogens is 1. The quantitative estimate of drug-likeness (QED) is 0.829.